The third-order valence-electron chi connectivity index (χ3n) is 6.51. The molecule has 5 aromatic rings. The summed E-state index contributed by atoms with van der Waals surface area (Å²) in [5, 5.41) is 12.3. The number of para-hydroxylation sites is 2. The van der Waals surface area contributed by atoms with Crippen molar-refractivity contribution in [2.24, 2.45) is 0 Å². The number of benzene rings is 2. The third-order valence-corrected chi connectivity index (χ3v) is 8.48. The topological polar surface area (TPSA) is 80.3 Å². The maximum Gasteiger partial charge on any atom is 0.273 e. The molecule has 0 atom stereocenters. The lowest BCUT2D eigenvalue weighted by molar-refractivity contribution is 0.0741. The van der Waals surface area contributed by atoms with Crippen molar-refractivity contribution in [2.45, 2.75) is 17.8 Å². The maximum atomic E-state index is 13.2. The van der Waals surface area contributed by atoms with Crippen molar-refractivity contribution in [3.63, 3.8) is 0 Å². The van der Waals surface area contributed by atoms with E-state index >= 15 is 0 Å². The van der Waals surface area contributed by atoms with Gasteiger partial charge in [0.15, 0.2) is 10.9 Å². The van der Waals surface area contributed by atoms with Crippen LogP contribution in [-0.4, -0.2) is 56.7 Å². The van der Waals surface area contributed by atoms with Crippen molar-refractivity contribution >= 4 is 34.7 Å². The number of carbonyl (C=O) groups excluding carboxylic acids is 1. The van der Waals surface area contributed by atoms with Crippen molar-refractivity contribution in [1.29, 1.82) is 0 Å². The summed E-state index contributed by atoms with van der Waals surface area (Å²) in [5.41, 5.74) is 3.96. The van der Waals surface area contributed by atoms with Gasteiger partial charge in [-0.15, -0.1) is 21.5 Å². The van der Waals surface area contributed by atoms with Crippen LogP contribution >= 0.6 is 23.1 Å². The summed E-state index contributed by atoms with van der Waals surface area (Å²) in [6.07, 6.45) is 1.63. The van der Waals surface area contributed by atoms with Crippen LogP contribution < -0.4 is 4.90 Å². The second-order valence-electron chi connectivity index (χ2n) is 8.94. The number of aromatic nitrogens is 4. The van der Waals surface area contributed by atoms with Crippen LogP contribution in [0.15, 0.2) is 87.9 Å². The average molecular weight is 543 g/mol. The smallest absolute Gasteiger partial charge is 0.273 e. The van der Waals surface area contributed by atoms with Crippen LogP contribution in [0, 0.1) is 6.92 Å². The van der Waals surface area contributed by atoms with Crippen LogP contribution in [0.25, 0.3) is 17.3 Å². The Morgan fingerprint density at radius 2 is 1.76 bits per heavy atom. The molecule has 1 aliphatic heterocycles. The summed E-state index contributed by atoms with van der Waals surface area (Å²) < 4.78 is 7.58. The van der Waals surface area contributed by atoms with Crippen molar-refractivity contribution in [3.8, 4) is 17.3 Å². The quantitative estimate of drug-likeness (QED) is 0.250. The molecular weight excluding hydrogens is 516 g/mol. The lowest BCUT2D eigenvalue weighted by atomic mass is 10.1. The van der Waals surface area contributed by atoms with Gasteiger partial charge in [0.1, 0.15) is 10.7 Å². The number of thiazole rings is 1. The van der Waals surface area contributed by atoms with E-state index in [1.807, 2.05) is 57.3 Å². The number of amides is 1. The number of piperazine rings is 1. The summed E-state index contributed by atoms with van der Waals surface area (Å²) in [6.45, 7) is 5.13. The highest BCUT2D eigenvalue weighted by atomic mass is 32.2. The molecule has 1 amide bonds. The van der Waals surface area contributed by atoms with Gasteiger partial charge in [0, 0.05) is 42.9 Å². The average Bonchev–Trinajstić information content (AvgIpc) is 3.73. The molecule has 38 heavy (non-hydrogen) atoms. The molecule has 0 unspecified atom stereocenters. The molecule has 1 fully saturated rings. The zero-order chi connectivity index (χ0) is 25.9. The number of anilines is 1. The Morgan fingerprint density at radius 1 is 0.974 bits per heavy atom. The Balaban J connectivity index is 1.12. The number of nitrogens with zero attached hydrogens (tertiary/aromatic N) is 6. The fourth-order valence-corrected chi connectivity index (χ4v) is 6.31. The van der Waals surface area contributed by atoms with Gasteiger partial charge in [-0.3, -0.25) is 9.36 Å². The fourth-order valence-electron chi connectivity index (χ4n) is 4.57. The van der Waals surface area contributed by atoms with Crippen molar-refractivity contribution < 1.29 is 9.21 Å². The van der Waals surface area contributed by atoms with Crippen LogP contribution in [0.4, 0.5) is 5.69 Å². The molecule has 10 heteroatoms. The van der Waals surface area contributed by atoms with Crippen molar-refractivity contribution in [1.82, 2.24) is 24.6 Å². The van der Waals surface area contributed by atoms with E-state index in [1.165, 1.54) is 34.3 Å². The highest BCUT2D eigenvalue weighted by molar-refractivity contribution is 7.98. The molecule has 0 radical (unpaired) electrons. The minimum absolute atomic E-state index is 0.00510. The zero-order valence-corrected chi connectivity index (χ0v) is 22.5. The highest BCUT2D eigenvalue weighted by Crippen LogP contribution is 2.31. The minimum Gasteiger partial charge on any atom is -0.461 e. The standard InChI is InChI=1S/C28H26N6O2S2/c1-20-8-5-6-11-23(20)32-13-15-33(16-14-32)27(35)22-18-37-25(29-22)19-38-28-31-30-26(24-12-7-17-36-24)34(28)21-9-3-2-4-10-21/h2-12,17-18H,13-16,19H2,1H3. The highest BCUT2D eigenvalue weighted by Gasteiger charge is 2.25. The van der Waals surface area contributed by atoms with E-state index in [4.69, 9.17) is 4.42 Å². The number of hydrogen-bond acceptors (Lipinski definition) is 8. The second kappa shape index (κ2) is 10.8. The van der Waals surface area contributed by atoms with Crippen LogP contribution in [0.5, 0.6) is 0 Å². The summed E-state index contributed by atoms with van der Waals surface area (Å²) in [5.74, 6) is 1.87. The van der Waals surface area contributed by atoms with Gasteiger partial charge in [-0.1, -0.05) is 48.2 Å². The van der Waals surface area contributed by atoms with Gasteiger partial charge < -0.3 is 14.2 Å². The Hall–Kier alpha value is -3.89. The molecule has 1 saturated heterocycles. The Kier molecular flexibility index (Phi) is 6.98. The van der Waals surface area contributed by atoms with E-state index in [0.717, 1.165) is 28.9 Å². The first-order chi connectivity index (χ1) is 18.7. The summed E-state index contributed by atoms with van der Waals surface area (Å²) in [6, 6.07) is 22.1. The van der Waals surface area contributed by atoms with Gasteiger partial charge in [-0.2, -0.15) is 0 Å². The molecule has 0 saturated carbocycles. The van der Waals surface area contributed by atoms with E-state index in [9.17, 15) is 4.79 Å². The first-order valence-electron chi connectivity index (χ1n) is 12.4. The number of aryl methyl sites for hydroxylation is 1. The van der Waals surface area contributed by atoms with Gasteiger partial charge >= 0.3 is 0 Å². The van der Waals surface area contributed by atoms with Crippen LogP contribution in [0.3, 0.4) is 0 Å². The van der Waals surface area contributed by atoms with Gasteiger partial charge in [0.2, 0.25) is 5.82 Å². The largest absolute Gasteiger partial charge is 0.461 e. The zero-order valence-electron chi connectivity index (χ0n) is 20.9. The summed E-state index contributed by atoms with van der Waals surface area (Å²) >= 11 is 3.04. The second-order valence-corrected chi connectivity index (χ2v) is 10.8. The van der Waals surface area contributed by atoms with Gasteiger partial charge in [0.05, 0.1) is 12.0 Å². The third kappa shape index (κ3) is 4.97. The molecule has 8 nitrogen and oxygen atoms in total. The number of thioether (sulfide) groups is 1. The molecule has 0 bridgehead atoms. The monoisotopic (exact) mass is 542 g/mol. The molecular formula is C28H26N6O2S2. The van der Waals surface area contributed by atoms with Crippen LogP contribution in [-0.2, 0) is 5.75 Å². The van der Waals surface area contributed by atoms with Gasteiger partial charge in [0.25, 0.3) is 5.91 Å². The predicted octanol–water partition coefficient (Wildman–Crippen LogP) is 5.55. The summed E-state index contributed by atoms with van der Waals surface area (Å²) in [4.78, 5) is 22.1. The summed E-state index contributed by atoms with van der Waals surface area (Å²) in [7, 11) is 0. The molecule has 1 aliphatic rings. The van der Waals surface area contributed by atoms with Gasteiger partial charge in [-0.25, -0.2) is 4.98 Å². The van der Waals surface area contributed by atoms with Crippen LogP contribution in [0.1, 0.15) is 21.1 Å². The minimum atomic E-state index is -0.00510. The predicted molar refractivity (Wildman–Crippen MR) is 150 cm³/mol. The molecule has 4 heterocycles. The SMILES string of the molecule is Cc1ccccc1N1CCN(C(=O)c2csc(CSc3nnc(-c4ccco4)n3-c3ccccc3)n2)CC1. The lowest BCUT2D eigenvalue weighted by Crippen LogP contribution is -2.49. The normalized spacial score (nSPS) is 13.7. The first kappa shape index (κ1) is 24.4. The Bertz CT molecular complexity index is 1520. The molecule has 0 aliphatic carbocycles. The Morgan fingerprint density at radius 3 is 2.53 bits per heavy atom. The molecule has 0 N–H and O–H groups in total. The number of hydrogen-bond donors (Lipinski definition) is 0. The van der Waals surface area contributed by atoms with Crippen molar-refractivity contribution in [3.05, 3.63) is 94.6 Å². The van der Waals surface area contributed by atoms with E-state index in [2.05, 4.69) is 51.3 Å². The maximum absolute atomic E-state index is 13.2. The van der Waals surface area contributed by atoms with Crippen molar-refractivity contribution in [2.75, 3.05) is 31.1 Å². The van der Waals surface area contributed by atoms with E-state index in [1.54, 1.807) is 6.26 Å². The lowest BCUT2D eigenvalue weighted by Gasteiger charge is -2.36. The molecule has 2 aromatic carbocycles. The van der Waals surface area contributed by atoms with E-state index in [-0.39, 0.29) is 5.91 Å². The molecule has 6 rings (SSSR count). The fraction of sp³-hybridized carbons (Fsp3) is 0.214. The van der Waals surface area contributed by atoms with E-state index in [0.29, 0.717) is 36.1 Å². The number of furan rings is 1. The number of rotatable bonds is 7. The Labute approximate surface area is 228 Å². The van der Waals surface area contributed by atoms with E-state index < -0.39 is 0 Å². The van der Waals surface area contributed by atoms with Gasteiger partial charge in [-0.05, 0) is 42.8 Å². The first-order valence-corrected chi connectivity index (χ1v) is 14.3. The molecule has 3 aromatic heterocycles. The number of carbonyl (C=O) groups is 1. The molecule has 192 valence electrons. The molecule has 0 spiro atoms. The van der Waals surface area contributed by atoms with Crippen LogP contribution in [0.2, 0.25) is 0 Å².